The first-order chi connectivity index (χ1) is 13.8. The lowest BCUT2D eigenvalue weighted by Crippen LogP contribution is -2.35. The van der Waals surface area contributed by atoms with Gasteiger partial charge in [0.05, 0.1) is 4.90 Å². The molecule has 0 aliphatic carbocycles. The SMILES string of the molecule is CC(C)c1ccc(S(=O)(=O)Nc2ccc(NC(=O)N3CCCCCC3)cc2)cc1. The smallest absolute Gasteiger partial charge is 0.321 e. The number of hydrogen-bond donors (Lipinski definition) is 2. The van der Waals surface area contributed by atoms with Crippen LogP contribution >= 0.6 is 0 Å². The van der Waals surface area contributed by atoms with Crippen LogP contribution in [0, 0.1) is 0 Å². The Balaban J connectivity index is 1.62. The Labute approximate surface area is 173 Å². The van der Waals surface area contributed by atoms with E-state index in [1.54, 1.807) is 36.4 Å². The highest BCUT2D eigenvalue weighted by Crippen LogP contribution is 2.21. The summed E-state index contributed by atoms with van der Waals surface area (Å²) >= 11 is 0. The van der Waals surface area contributed by atoms with Crippen molar-refractivity contribution in [3.8, 4) is 0 Å². The summed E-state index contributed by atoms with van der Waals surface area (Å²) in [5.41, 5.74) is 2.18. The molecule has 0 radical (unpaired) electrons. The van der Waals surface area contributed by atoms with Crippen LogP contribution in [-0.4, -0.2) is 32.4 Å². The zero-order valence-corrected chi connectivity index (χ0v) is 17.8. The second-order valence-electron chi connectivity index (χ2n) is 7.74. The zero-order chi connectivity index (χ0) is 20.9. The molecule has 3 rings (SSSR count). The van der Waals surface area contributed by atoms with Crippen LogP contribution in [0.3, 0.4) is 0 Å². The number of nitrogens with one attached hydrogen (secondary N) is 2. The van der Waals surface area contributed by atoms with E-state index in [2.05, 4.69) is 23.9 Å². The third-order valence-electron chi connectivity index (χ3n) is 5.14. The number of urea groups is 1. The highest BCUT2D eigenvalue weighted by atomic mass is 32.2. The highest BCUT2D eigenvalue weighted by molar-refractivity contribution is 7.92. The number of rotatable bonds is 5. The minimum atomic E-state index is -3.66. The number of anilines is 2. The number of carbonyl (C=O) groups excluding carboxylic acids is 1. The molecule has 2 N–H and O–H groups in total. The number of benzene rings is 2. The summed E-state index contributed by atoms with van der Waals surface area (Å²) in [7, 11) is -3.66. The summed E-state index contributed by atoms with van der Waals surface area (Å²) in [6.07, 6.45) is 4.40. The first kappa shape index (κ1) is 21.2. The van der Waals surface area contributed by atoms with E-state index >= 15 is 0 Å². The molecule has 1 saturated heterocycles. The maximum absolute atomic E-state index is 12.6. The van der Waals surface area contributed by atoms with Gasteiger partial charge in [-0.1, -0.05) is 38.8 Å². The van der Waals surface area contributed by atoms with Gasteiger partial charge in [0.25, 0.3) is 10.0 Å². The van der Waals surface area contributed by atoms with Gasteiger partial charge in [-0.15, -0.1) is 0 Å². The summed E-state index contributed by atoms with van der Waals surface area (Å²) < 4.78 is 27.8. The van der Waals surface area contributed by atoms with Gasteiger partial charge in [0.2, 0.25) is 0 Å². The van der Waals surface area contributed by atoms with E-state index in [-0.39, 0.29) is 10.9 Å². The fraction of sp³-hybridized carbons (Fsp3) is 0.409. The molecule has 29 heavy (non-hydrogen) atoms. The lowest BCUT2D eigenvalue weighted by Gasteiger charge is -2.20. The van der Waals surface area contributed by atoms with Gasteiger partial charge < -0.3 is 10.2 Å². The molecule has 2 aromatic carbocycles. The quantitative estimate of drug-likeness (QED) is 0.720. The van der Waals surface area contributed by atoms with E-state index in [0.717, 1.165) is 31.5 Å². The van der Waals surface area contributed by atoms with Crippen LogP contribution in [0.15, 0.2) is 53.4 Å². The molecule has 1 aliphatic heterocycles. The van der Waals surface area contributed by atoms with Gasteiger partial charge >= 0.3 is 6.03 Å². The molecule has 1 aliphatic rings. The van der Waals surface area contributed by atoms with Crippen LogP contribution < -0.4 is 10.0 Å². The van der Waals surface area contributed by atoms with Gasteiger partial charge in [-0.25, -0.2) is 13.2 Å². The monoisotopic (exact) mass is 415 g/mol. The summed E-state index contributed by atoms with van der Waals surface area (Å²) in [5, 5.41) is 2.89. The molecule has 7 heteroatoms. The first-order valence-corrected chi connectivity index (χ1v) is 11.6. The van der Waals surface area contributed by atoms with E-state index < -0.39 is 10.0 Å². The van der Waals surface area contributed by atoms with Crippen LogP contribution in [0.5, 0.6) is 0 Å². The Hall–Kier alpha value is -2.54. The van der Waals surface area contributed by atoms with Crippen molar-refractivity contribution in [1.82, 2.24) is 4.90 Å². The molecule has 1 fully saturated rings. The largest absolute Gasteiger partial charge is 0.325 e. The van der Waals surface area contributed by atoms with Crippen molar-refractivity contribution in [2.45, 2.75) is 50.3 Å². The van der Waals surface area contributed by atoms with E-state index in [9.17, 15) is 13.2 Å². The number of sulfonamides is 1. The summed E-state index contributed by atoms with van der Waals surface area (Å²) in [4.78, 5) is 14.5. The normalized spacial score (nSPS) is 15.1. The van der Waals surface area contributed by atoms with Gasteiger partial charge in [-0.3, -0.25) is 4.72 Å². The molecule has 2 aromatic rings. The maximum atomic E-state index is 12.6. The maximum Gasteiger partial charge on any atom is 0.321 e. The predicted molar refractivity (Wildman–Crippen MR) is 117 cm³/mol. The van der Waals surface area contributed by atoms with Crippen molar-refractivity contribution >= 4 is 27.4 Å². The zero-order valence-electron chi connectivity index (χ0n) is 17.0. The molecular weight excluding hydrogens is 386 g/mol. The number of carbonyl (C=O) groups is 1. The summed E-state index contributed by atoms with van der Waals surface area (Å²) in [6, 6.07) is 13.5. The predicted octanol–water partition coefficient (Wildman–Crippen LogP) is 5.02. The molecule has 0 saturated carbocycles. The van der Waals surface area contributed by atoms with Gasteiger partial charge in [-0.05, 0) is 60.7 Å². The van der Waals surface area contributed by atoms with E-state index in [4.69, 9.17) is 0 Å². The number of amides is 2. The highest BCUT2D eigenvalue weighted by Gasteiger charge is 2.17. The average Bonchev–Trinajstić information content (AvgIpc) is 2.99. The van der Waals surface area contributed by atoms with Crippen molar-refractivity contribution in [3.05, 3.63) is 54.1 Å². The molecule has 0 unspecified atom stereocenters. The Bertz CT molecular complexity index is 915. The van der Waals surface area contributed by atoms with E-state index in [1.807, 2.05) is 17.0 Å². The van der Waals surface area contributed by atoms with Crippen molar-refractivity contribution in [2.24, 2.45) is 0 Å². The van der Waals surface area contributed by atoms with Gasteiger partial charge in [-0.2, -0.15) is 0 Å². The third-order valence-corrected chi connectivity index (χ3v) is 6.54. The molecule has 0 bridgehead atoms. The molecule has 156 valence electrons. The topological polar surface area (TPSA) is 78.5 Å². The lowest BCUT2D eigenvalue weighted by atomic mass is 10.0. The van der Waals surface area contributed by atoms with Gasteiger partial charge in [0, 0.05) is 24.5 Å². The van der Waals surface area contributed by atoms with Crippen LogP contribution in [0.4, 0.5) is 16.2 Å². The van der Waals surface area contributed by atoms with Crippen molar-refractivity contribution in [3.63, 3.8) is 0 Å². The standard InChI is InChI=1S/C22H29N3O3S/c1-17(2)18-7-13-21(14-8-18)29(27,28)24-20-11-9-19(10-12-20)23-22(26)25-15-5-3-4-6-16-25/h7-14,17,24H,3-6,15-16H2,1-2H3,(H,23,26). The van der Waals surface area contributed by atoms with Crippen LogP contribution in [0.25, 0.3) is 0 Å². The van der Waals surface area contributed by atoms with Crippen molar-refractivity contribution in [2.75, 3.05) is 23.1 Å². The molecule has 2 amide bonds. The van der Waals surface area contributed by atoms with Crippen molar-refractivity contribution in [1.29, 1.82) is 0 Å². The minimum absolute atomic E-state index is 0.106. The second kappa shape index (κ2) is 9.31. The molecule has 0 atom stereocenters. The fourth-order valence-electron chi connectivity index (χ4n) is 3.34. The Morgan fingerprint density at radius 3 is 1.97 bits per heavy atom. The van der Waals surface area contributed by atoms with Crippen LogP contribution in [0.1, 0.15) is 51.0 Å². The first-order valence-electron chi connectivity index (χ1n) is 10.1. The third kappa shape index (κ3) is 5.73. The van der Waals surface area contributed by atoms with E-state index in [1.165, 1.54) is 12.8 Å². The number of hydrogen-bond acceptors (Lipinski definition) is 3. The average molecular weight is 416 g/mol. The van der Waals surface area contributed by atoms with Crippen LogP contribution in [0.2, 0.25) is 0 Å². The Morgan fingerprint density at radius 2 is 1.41 bits per heavy atom. The molecule has 0 spiro atoms. The molecule has 0 aromatic heterocycles. The van der Waals surface area contributed by atoms with Crippen LogP contribution in [-0.2, 0) is 10.0 Å². The molecular formula is C22H29N3O3S. The molecule has 1 heterocycles. The Kier molecular flexibility index (Phi) is 6.79. The summed E-state index contributed by atoms with van der Waals surface area (Å²) in [5.74, 6) is 0.344. The lowest BCUT2D eigenvalue weighted by molar-refractivity contribution is 0.214. The van der Waals surface area contributed by atoms with E-state index in [0.29, 0.717) is 17.3 Å². The fourth-order valence-corrected chi connectivity index (χ4v) is 4.40. The number of likely N-dealkylation sites (tertiary alicyclic amines) is 1. The summed E-state index contributed by atoms with van der Waals surface area (Å²) in [6.45, 7) is 5.68. The number of nitrogens with zero attached hydrogens (tertiary/aromatic N) is 1. The van der Waals surface area contributed by atoms with Crippen molar-refractivity contribution < 1.29 is 13.2 Å². The Morgan fingerprint density at radius 1 is 0.862 bits per heavy atom. The second-order valence-corrected chi connectivity index (χ2v) is 9.42. The van der Waals surface area contributed by atoms with Gasteiger partial charge in [0.15, 0.2) is 0 Å². The van der Waals surface area contributed by atoms with Gasteiger partial charge in [0.1, 0.15) is 0 Å². The minimum Gasteiger partial charge on any atom is -0.325 e. The molecule has 6 nitrogen and oxygen atoms in total.